The third-order valence-electron chi connectivity index (χ3n) is 7.51. The molecule has 1 atom stereocenters. The number of fused-ring (bicyclic) bond motifs is 2. The average Bonchev–Trinajstić information content (AvgIpc) is 2.89. The van der Waals surface area contributed by atoms with Gasteiger partial charge in [-0.3, -0.25) is 0 Å². The second-order valence-corrected chi connectivity index (χ2v) is 9.23. The highest BCUT2D eigenvalue weighted by atomic mass is 35.5. The van der Waals surface area contributed by atoms with Crippen LogP contribution in [0.1, 0.15) is 53.5 Å². The van der Waals surface area contributed by atoms with Crippen molar-refractivity contribution in [1.29, 1.82) is 0 Å². The van der Waals surface area contributed by atoms with Crippen molar-refractivity contribution < 1.29 is 14.2 Å². The molecule has 1 unspecified atom stereocenters. The van der Waals surface area contributed by atoms with E-state index in [-0.39, 0.29) is 23.9 Å². The van der Waals surface area contributed by atoms with Gasteiger partial charge in [0, 0.05) is 37.1 Å². The first-order valence-corrected chi connectivity index (χ1v) is 11.9. The van der Waals surface area contributed by atoms with Gasteiger partial charge in [-0.25, -0.2) is 0 Å². The first-order chi connectivity index (χ1) is 16.2. The molecule has 0 bridgehead atoms. The van der Waals surface area contributed by atoms with Crippen LogP contribution < -0.4 is 14.8 Å². The summed E-state index contributed by atoms with van der Waals surface area (Å²) in [5.74, 6) is 1.91. The molecule has 1 saturated heterocycles. The van der Waals surface area contributed by atoms with Crippen LogP contribution in [0.15, 0.2) is 72.8 Å². The maximum absolute atomic E-state index is 5.74. The number of ether oxygens (including phenoxy) is 3. The molecule has 0 amide bonds. The maximum Gasteiger partial charge on any atom is 0.161 e. The lowest BCUT2D eigenvalue weighted by Crippen LogP contribution is -2.48. The zero-order chi connectivity index (χ0) is 22.7. The summed E-state index contributed by atoms with van der Waals surface area (Å²) in [4.78, 5) is 0. The highest BCUT2D eigenvalue weighted by Gasteiger charge is 2.42. The van der Waals surface area contributed by atoms with Gasteiger partial charge in [-0.15, -0.1) is 12.4 Å². The fourth-order valence-corrected chi connectivity index (χ4v) is 5.66. The average molecular weight is 480 g/mol. The van der Waals surface area contributed by atoms with E-state index in [1.165, 1.54) is 22.3 Å². The number of hydrogen-bond acceptors (Lipinski definition) is 4. The Bertz CT molecular complexity index is 1030. The molecule has 1 spiro atoms. The van der Waals surface area contributed by atoms with Gasteiger partial charge in [-0.1, -0.05) is 60.7 Å². The van der Waals surface area contributed by atoms with E-state index in [9.17, 15) is 0 Å². The second kappa shape index (κ2) is 10.8. The van der Waals surface area contributed by atoms with Crippen molar-refractivity contribution in [2.24, 2.45) is 0 Å². The van der Waals surface area contributed by atoms with Crippen LogP contribution in [0.5, 0.6) is 11.5 Å². The summed E-state index contributed by atoms with van der Waals surface area (Å²) in [5.41, 5.74) is 5.50. The van der Waals surface area contributed by atoms with Crippen molar-refractivity contribution in [1.82, 2.24) is 5.32 Å². The largest absolute Gasteiger partial charge is 0.493 e. The number of benzene rings is 3. The van der Waals surface area contributed by atoms with E-state index in [4.69, 9.17) is 14.2 Å². The number of nitrogens with one attached hydrogen (secondary N) is 1. The summed E-state index contributed by atoms with van der Waals surface area (Å²) in [5, 5.41) is 3.94. The minimum atomic E-state index is 0. The second-order valence-electron chi connectivity index (χ2n) is 9.23. The van der Waals surface area contributed by atoms with Crippen LogP contribution >= 0.6 is 12.4 Å². The molecule has 5 rings (SSSR count). The molecule has 2 aliphatic heterocycles. The van der Waals surface area contributed by atoms with E-state index >= 15 is 0 Å². The molecule has 2 heterocycles. The van der Waals surface area contributed by atoms with Gasteiger partial charge < -0.3 is 19.5 Å². The molecule has 0 aliphatic carbocycles. The third kappa shape index (κ3) is 4.68. The van der Waals surface area contributed by atoms with Gasteiger partial charge in [-0.05, 0) is 53.6 Å². The normalized spacial score (nSPS) is 18.7. The maximum atomic E-state index is 5.74. The van der Waals surface area contributed by atoms with Gasteiger partial charge in [0.2, 0.25) is 0 Å². The predicted molar refractivity (Wildman–Crippen MR) is 139 cm³/mol. The fraction of sp³-hybridized carbons (Fsp3) is 0.379. The molecule has 0 saturated carbocycles. The van der Waals surface area contributed by atoms with Crippen LogP contribution in [0.2, 0.25) is 0 Å². The van der Waals surface area contributed by atoms with Crippen LogP contribution in [-0.4, -0.2) is 34.0 Å². The zero-order valence-corrected chi connectivity index (χ0v) is 20.8. The van der Waals surface area contributed by atoms with E-state index in [2.05, 4.69) is 78.1 Å². The minimum Gasteiger partial charge on any atom is -0.493 e. The summed E-state index contributed by atoms with van der Waals surface area (Å²) in [6, 6.07) is 26.4. The van der Waals surface area contributed by atoms with E-state index in [1.807, 2.05) is 0 Å². The van der Waals surface area contributed by atoms with Crippen molar-refractivity contribution in [2.75, 3.05) is 34.0 Å². The molecule has 2 aliphatic rings. The van der Waals surface area contributed by atoms with Crippen molar-refractivity contribution in [3.63, 3.8) is 0 Å². The summed E-state index contributed by atoms with van der Waals surface area (Å²) in [7, 11) is 3.44. The summed E-state index contributed by atoms with van der Waals surface area (Å²) in [6.45, 7) is 2.56. The van der Waals surface area contributed by atoms with E-state index in [1.54, 1.807) is 14.2 Å². The third-order valence-corrected chi connectivity index (χ3v) is 7.51. The zero-order valence-electron chi connectivity index (χ0n) is 20.0. The molecule has 1 fully saturated rings. The Morgan fingerprint density at radius 2 is 1.44 bits per heavy atom. The molecule has 34 heavy (non-hydrogen) atoms. The Hall–Kier alpha value is -2.53. The Balaban J connectivity index is 0.00000274. The van der Waals surface area contributed by atoms with Crippen molar-refractivity contribution in [3.05, 3.63) is 95.1 Å². The standard InChI is InChI=1S/C29H33NO3.ClH/c1-31-27-18-24-25(19-28(27)32-2)29(13-15-33-16-14-29)20-30-26(24)17-23(21-9-5-3-6-10-21)22-11-7-4-8-12-22;/h3-12,18-19,23,26,30H,13-17,20H2,1-2H3;1H. The van der Waals surface area contributed by atoms with E-state index in [0.29, 0.717) is 5.92 Å². The Morgan fingerprint density at radius 3 is 2.00 bits per heavy atom. The highest BCUT2D eigenvalue weighted by Crippen LogP contribution is 2.48. The van der Waals surface area contributed by atoms with Crippen molar-refractivity contribution in [2.45, 2.75) is 36.6 Å². The Kier molecular flexibility index (Phi) is 7.82. The molecular weight excluding hydrogens is 446 g/mol. The molecule has 1 N–H and O–H groups in total. The summed E-state index contributed by atoms with van der Waals surface area (Å²) < 4.78 is 17.2. The monoisotopic (exact) mass is 479 g/mol. The lowest BCUT2D eigenvalue weighted by Gasteiger charge is -2.46. The molecule has 5 heteroatoms. The van der Waals surface area contributed by atoms with Gasteiger partial charge in [-0.2, -0.15) is 0 Å². The summed E-state index contributed by atoms with van der Waals surface area (Å²) in [6.07, 6.45) is 3.02. The Labute approximate surface area is 209 Å². The van der Waals surface area contributed by atoms with Crippen LogP contribution in [0.3, 0.4) is 0 Å². The first-order valence-electron chi connectivity index (χ1n) is 11.9. The molecule has 0 radical (unpaired) electrons. The number of methoxy groups -OCH3 is 2. The van der Waals surface area contributed by atoms with Crippen LogP contribution in [-0.2, 0) is 10.2 Å². The lowest BCUT2D eigenvalue weighted by molar-refractivity contribution is 0.0448. The highest BCUT2D eigenvalue weighted by molar-refractivity contribution is 5.85. The first kappa shape index (κ1) is 24.6. The number of rotatable bonds is 6. The molecule has 4 nitrogen and oxygen atoms in total. The molecule has 180 valence electrons. The number of halogens is 1. The molecule has 3 aromatic rings. The smallest absolute Gasteiger partial charge is 0.161 e. The Morgan fingerprint density at radius 1 is 0.882 bits per heavy atom. The van der Waals surface area contributed by atoms with Crippen LogP contribution in [0.4, 0.5) is 0 Å². The minimum absolute atomic E-state index is 0. The quantitative estimate of drug-likeness (QED) is 0.467. The van der Waals surface area contributed by atoms with Crippen LogP contribution in [0, 0.1) is 0 Å². The lowest BCUT2D eigenvalue weighted by atomic mass is 9.68. The fourth-order valence-electron chi connectivity index (χ4n) is 5.66. The van der Waals surface area contributed by atoms with Crippen LogP contribution in [0.25, 0.3) is 0 Å². The van der Waals surface area contributed by atoms with Crippen molar-refractivity contribution >= 4 is 12.4 Å². The van der Waals surface area contributed by atoms with E-state index in [0.717, 1.165) is 50.5 Å². The van der Waals surface area contributed by atoms with Gasteiger partial charge in [0.1, 0.15) is 0 Å². The van der Waals surface area contributed by atoms with Crippen molar-refractivity contribution in [3.8, 4) is 11.5 Å². The molecule has 3 aromatic carbocycles. The SMILES string of the molecule is COc1cc2c(cc1OC)C1(CCOCC1)CNC2CC(c1ccccc1)c1ccccc1.Cl. The van der Waals surface area contributed by atoms with Gasteiger partial charge >= 0.3 is 0 Å². The topological polar surface area (TPSA) is 39.7 Å². The van der Waals surface area contributed by atoms with E-state index < -0.39 is 0 Å². The van der Waals surface area contributed by atoms with Gasteiger partial charge in [0.15, 0.2) is 11.5 Å². The predicted octanol–water partition coefficient (Wildman–Crippen LogP) is 6.04. The molecular formula is C29H34ClNO3. The molecule has 0 aromatic heterocycles. The summed E-state index contributed by atoms with van der Waals surface area (Å²) >= 11 is 0. The van der Waals surface area contributed by atoms with Gasteiger partial charge in [0.05, 0.1) is 14.2 Å². The number of hydrogen-bond donors (Lipinski definition) is 1. The van der Waals surface area contributed by atoms with Gasteiger partial charge in [0.25, 0.3) is 0 Å².